The van der Waals surface area contributed by atoms with Crippen LogP contribution in [0.5, 0.6) is 0 Å². The molecule has 0 saturated carbocycles. The minimum atomic E-state index is 0.152. The number of halogens is 1. The molecule has 0 spiro atoms. The lowest BCUT2D eigenvalue weighted by Gasteiger charge is -2.41. The maximum absolute atomic E-state index is 12.5. The molecular formula is C18H22ClN3O2. The first-order chi connectivity index (χ1) is 11.5. The van der Waals surface area contributed by atoms with Crippen molar-refractivity contribution < 1.29 is 9.32 Å². The zero-order valence-electron chi connectivity index (χ0n) is 14.0. The van der Waals surface area contributed by atoms with Crippen LogP contribution in [0.15, 0.2) is 34.9 Å². The molecule has 128 valence electrons. The van der Waals surface area contributed by atoms with Crippen molar-refractivity contribution in [3.63, 3.8) is 0 Å². The van der Waals surface area contributed by atoms with E-state index in [1.807, 2.05) is 4.90 Å². The quantitative estimate of drug-likeness (QED) is 0.851. The molecule has 3 rings (SSSR count). The minimum Gasteiger partial charge on any atom is -0.367 e. The van der Waals surface area contributed by atoms with Gasteiger partial charge < -0.3 is 14.3 Å². The van der Waals surface area contributed by atoms with Gasteiger partial charge in [-0.05, 0) is 25.5 Å². The Bertz CT molecular complexity index is 716. The standard InChI is InChI=1S/C18H22ClN3O2/c1-13-5-3-4-6-16(13)21-9-10-22(14(2)12-21)18(23)8-7-15-11-17(19)20-24-15/h3-6,11,14H,7-10,12H2,1-2H3/t14-/m1/s1. The van der Waals surface area contributed by atoms with Crippen molar-refractivity contribution in [2.75, 3.05) is 24.5 Å². The Morgan fingerprint density at radius 3 is 2.83 bits per heavy atom. The summed E-state index contributed by atoms with van der Waals surface area (Å²) in [4.78, 5) is 16.8. The third-order valence-electron chi connectivity index (χ3n) is 4.52. The van der Waals surface area contributed by atoms with E-state index in [1.165, 1.54) is 11.3 Å². The van der Waals surface area contributed by atoms with Crippen molar-refractivity contribution >= 4 is 23.2 Å². The van der Waals surface area contributed by atoms with Gasteiger partial charge in [0.1, 0.15) is 5.76 Å². The lowest BCUT2D eigenvalue weighted by atomic mass is 10.1. The number of amides is 1. The van der Waals surface area contributed by atoms with E-state index in [0.29, 0.717) is 23.8 Å². The average molecular weight is 348 g/mol. The van der Waals surface area contributed by atoms with E-state index >= 15 is 0 Å². The van der Waals surface area contributed by atoms with E-state index < -0.39 is 0 Å². The van der Waals surface area contributed by atoms with E-state index in [-0.39, 0.29) is 11.9 Å². The molecule has 1 aromatic carbocycles. The molecule has 1 aliphatic rings. The number of hydrogen-bond donors (Lipinski definition) is 0. The van der Waals surface area contributed by atoms with Crippen LogP contribution in [0.4, 0.5) is 5.69 Å². The summed E-state index contributed by atoms with van der Waals surface area (Å²) in [6.07, 6.45) is 0.948. The Morgan fingerprint density at radius 2 is 2.17 bits per heavy atom. The van der Waals surface area contributed by atoms with Crippen molar-refractivity contribution in [1.82, 2.24) is 10.1 Å². The summed E-state index contributed by atoms with van der Waals surface area (Å²) in [5.74, 6) is 0.805. The molecule has 0 bridgehead atoms. The summed E-state index contributed by atoms with van der Waals surface area (Å²) in [6.45, 7) is 6.68. The molecule has 5 nitrogen and oxygen atoms in total. The summed E-state index contributed by atoms with van der Waals surface area (Å²) < 4.78 is 5.06. The van der Waals surface area contributed by atoms with Crippen LogP contribution in [0.1, 0.15) is 24.7 Å². The number of rotatable bonds is 4. The Labute approximate surface area is 147 Å². The van der Waals surface area contributed by atoms with Crippen LogP contribution in [0.2, 0.25) is 5.15 Å². The molecule has 0 aliphatic carbocycles. The molecule has 0 radical (unpaired) electrons. The number of piperazine rings is 1. The molecule has 1 saturated heterocycles. The van der Waals surface area contributed by atoms with Gasteiger partial charge in [0.05, 0.1) is 0 Å². The number of carbonyl (C=O) groups is 1. The van der Waals surface area contributed by atoms with Gasteiger partial charge in [-0.2, -0.15) is 0 Å². The minimum absolute atomic E-state index is 0.152. The van der Waals surface area contributed by atoms with Crippen molar-refractivity contribution in [1.29, 1.82) is 0 Å². The van der Waals surface area contributed by atoms with Crippen molar-refractivity contribution in [2.24, 2.45) is 0 Å². The van der Waals surface area contributed by atoms with Gasteiger partial charge in [-0.25, -0.2) is 0 Å². The molecule has 0 unspecified atom stereocenters. The van der Waals surface area contributed by atoms with Gasteiger partial charge in [0, 0.05) is 50.3 Å². The molecule has 24 heavy (non-hydrogen) atoms. The number of anilines is 1. The first kappa shape index (κ1) is 16.8. The maximum atomic E-state index is 12.5. The van der Waals surface area contributed by atoms with Gasteiger partial charge in [-0.3, -0.25) is 4.79 Å². The molecule has 2 heterocycles. The van der Waals surface area contributed by atoms with Crippen LogP contribution >= 0.6 is 11.6 Å². The summed E-state index contributed by atoms with van der Waals surface area (Å²) in [6, 6.07) is 10.2. The topological polar surface area (TPSA) is 49.6 Å². The molecule has 1 aromatic heterocycles. The fourth-order valence-corrected chi connectivity index (χ4v) is 3.40. The van der Waals surface area contributed by atoms with Crippen LogP contribution in [0, 0.1) is 6.92 Å². The summed E-state index contributed by atoms with van der Waals surface area (Å²) in [5.41, 5.74) is 2.53. The van der Waals surface area contributed by atoms with Gasteiger partial charge in [0.25, 0.3) is 0 Å². The summed E-state index contributed by atoms with van der Waals surface area (Å²) in [7, 11) is 0. The molecule has 1 amide bonds. The molecular weight excluding hydrogens is 326 g/mol. The highest BCUT2D eigenvalue weighted by atomic mass is 35.5. The second-order valence-electron chi connectivity index (χ2n) is 6.28. The highest BCUT2D eigenvalue weighted by Crippen LogP contribution is 2.23. The van der Waals surface area contributed by atoms with E-state index in [1.54, 1.807) is 6.07 Å². The van der Waals surface area contributed by atoms with Crippen LogP contribution in [-0.4, -0.2) is 41.6 Å². The van der Waals surface area contributed by atoms with E-state index in [9.17, 15) is 4.79 Å². The second-order valence-corrected chi connectivity index (χ2v) is 6.67. The maximum Gasteiger partial charge on any atom is 0.223 e. The van der Waals surface area contributed by atoms with Gasteiger partial charge in [0.2, 0.25) is 5.91 Å². The van der Waals surface area contributed by atoms with Gasteiger partial charge in [0.15, 0.2) is 5.15 Å². The molecule has 2 aromatic rings. The van der Waals surface area contributed by atoms with Crippen LogP contribution in [0.25, 0.3) is 0 Å². The predicted octanol–water partition coefficient (Wildman–Crippen LogP) is 3.31. The predicted molar refractivity (Wildman–Crippen MR) is 94.4 cm³/mol. The Morgan fingerprint density at radius 1 is 1.38 bits per heavy atom. The van der Waals surface area contributed by atoms with Crippen LogP contribution in [-0.2, 0) is 11.2 Å². The first-order valence-corrected chi connectivity index (χ1v) is 8.63. The Balaban J connectivity index is 1.57. The van der Waals surface area contributed by atoms with E-state index in [0.717, 1.165) is 19.6 Å². The van der Waals surface area contributed by atoms with Gasteiger partial charge >= 0.3 is 0 Å². The van der Waals surface area contributed by atoms with Crippen LogP contribution in [0.3, 0.4) is 0 Å². The number of aryl methyl sites for hydroxylation is 2. The number of aromatic nitrogens is 1. The van der Waals surface area contributed by atoms with E-state index in [4.69, 9.17) is 16.1 Å². The number of hydrogen-bond acceptors (Lipinski definition) is 4. The first-order valence-electron chi connectivity index (χ1n) is 8.25. The molecule has 1 aliphatic heterocycles. The van der Waals surface area contributed by atoms with Gasteiger partial charge in [-0.1, -0.05) is 35.0 Å². The number of benzene rings is 1. The lowest BCUT2D eigenvalue weighted by Crippen LogP contribution is -2.54. The highest BCUT2D eigenvalue weighted by Gasteiger charge is 2.27. The highest BCUT2D eigenvalue weighted by molar-refractivity contribution is 6.29. The number of nitrogens with zero attached hydrogens (tertiary/aromatic N) is 3. The SMILES string of the molecule is Cc1ccccc1N1CCN(C(=O)CCc2cc(Cl)no2)[C@H](C)C1. The smallest absolute Gasteiger partial charge is 0.223 e. The molecule has 6 heteroatoms. The zero-order valence-corrected chi connectivity index (χ0v) is 14.8. The monoisotopic (exact) mass is 347 g/mol. The third kappa shape index (κ3) is 3.73. The number of para-hydroxylation sites is 1. The average Bonchev–Trinajstić information content (AvgIpc) is 2.98. The third-order valence-corrected chi connectivity index (χ3v) is 4.70. The number of carbonyl (C=O) groups excluding carboxylic acids is 1. The molecule has 0 N–H and O–H groups in total. The second kappa shape index (κ2) is 7.26. The van der Waals surface area contributed by atoms with Crippen molar-refractivity contribution in [3.8, 4) is 0 Å². The van der Waals surface area contributed by atoms with Crippen molar-refractivity contribution in [2.45, 2.75) is 32.7 Å². The normalized spacial score (nSPS) is 18.0. The van der Waals surface area contributed by atoms with Gasteiger partial charge in [-0.15, -0.1) is 0 Å². The van der Waals surface area contributed by atoms with Crippen molar-refractivity contribution in [3.05, 3.63) is 46.8 Å². The lowest BCUT2D eigenvalue weighted by molar-refractivity contribution is -0.133. The summed E-state index contributed by atoms with van der Waals surface area (Å²) in [5, 5.41) is 3.96. The largest absolute Gasteiger partial charge is 0.367 e. The fraction of sp³-hybridized carbons (Fsp3) is 0.444. The van der Waals surface area contributed by atoms with Crippen LogP contribution < -0.4 is 4.90 Å². The Hall–Kier alpha value is -2.01. The Kier molecular flexibility index (Phi) is 5.09. The molecule has 1 fully saturated rings. The summed E-state index contributed by atoms with van der Waals surface area (Å²) >= 11 is 5.73. The fourth-order valence-electron chi connectivity index (χ4n) is 3.24. The van der Waals surface area contributed by atoms with E-state index in [2.05, 4.69) is 48.2 Å². The molecule has 1 atom stereocenters. The zero-order chi connectivity index (χ0) is 17.1.